The van der Waals surface area contributed by atoms with Crippen LogP contribution in [0.4, 0.5) is 0 Å². The van der Waals surface area contributed by atoms with Crippen molar-refractivity contribution < 1.29 is 4.79 Å². The molecule has 0 aromatic rings. The van der Waals surface area contributed by atoms with Crippen molar-refractivity contribution in [3.05, 3.63) is 0 Å². The van der Waals surface area contributed by atoms with E-state index in [0.717, 1.165) is 13.0 Å². The Balaban J connectivity index is 4.62. The molecule has 14 heavy (non-hydrogen) atoms. The first kappa shape index (κ1) is 13.8. The summed E-state index contributed by atoms with van der Waals surface area (Å²) in [6.45, 7) is 10.7. The van der Waals surface area contributed by atoms with Gasteiger partial charge in [0.2, 0.25) is 5.91 Å². The van der Waals surface area contributed by atoms with Gasteiger partial charge in [0, 0.05) is 18.5 Å². The third-order valence-electron chi connectivity index (χ3n) is 2.64. The van der Waals surface area contributed by atoms with Gasteiger partial charge >= 0.3 is 0 Å². The van der Waals surface area contributed by atoms with Crippen LogP contribution in [0.15, 0.2) is 0 Å². The van der Waals surface area contributed by atoms with Gasteiger partial charge in [-0.2, -0.15) is 0 Å². The van der Waals surface area contributed by atoms with Gasteiger partial charge in [-0.15, -0.1) is 11.6 Å². The van der Waals surface area contributed by atoms with Gasteiger partial charge in [0.1, 0.15) is 0 Å². The van der Waals surface area contributed by atoms with E-state index in [0.29, 0.717) is 11.9 Å². The molecular formula is C11H22ClNO. The highest BCUT2D eigenvalue weighted by atomic mass is 35.5. The van der Waals surface area contributed by atoms with Crippen LogP contribution in [0.2, 0.25) is 0 Å². The molecule has 1 atom stereocenters. The van der Waals surface area contributed by atoms with Gasteiger partial charge in [0.05, 0.1) is 5.41 Å². The molecule has 0 aliphatic carbocycles. The summed E-state index contributed by atoms with van der Waals surface area (Å²) in [5.41, 5.74) is -0.443. The van der Waals surface area contributed by atoms with Gasteiger partial charge in [-0.25, -0.2) is 0 Å². The Morgan fingerprint density at radius 2 is 1.93 bits per heavy atom. The second-order valence-electron chi connectivity index (χ2n) is 4.37. The fraction of sp³-hybridized carbons (Fsp3) is 0.909. The first-order valence-corrected chi connectivity index (χ1v) is 5.81. The molecule has 0 bridgehead atoms. The van der Waals surface area contributed by atoms with E-state index in [1.807, 2.05) is 25.7 Å². The first-order valence-electron chi connectivity index (χ1n) is 5.27. The Kier molecular flexibility index (Phi) is 5.50. The number of alkyl halides is 1. The van der Waals surface area contributed by atoms with E-state index >= 15 is 0 Å². The quantitative estimate of drug-likeness (QED) is 0.652. The summed E-state index contributed by atoms with van der Waals surface area (Å²) >= 11 is 5.79. The van der Waals surface area contributed by atoms with Crippen molar-refractivity contribution in [1.29, 1.82) is 0 Å². The Bertz CT molecular complexity index is 192. The monoisotopic (exact) mass is 219 g/mol. The molecular weight excluding hydrogens is 198 g/mol. The topological polar surface area (TPSA) is 20.3 Å². The third kappa shape index (κ3) is 3.16. The number of hydrogen-bond donors (Lipinski definition) is 0. The molecule has 0 aliphatic rings. The molecule has 0 saturated carbocycles. The van der Waals surface area contributed by atoms with Crippen molar-refractivity contribution >= 4 is 17.5 Å². The predicted octanol–water partition coefficient (Wildman–Crippen LogP) is 2.90. The summed E-state index contributed by atoms with van der Waals surface area (Å²) in [6.07, 6.45) is 0.984. The normalized spacial score (nSPS) is 13.9. The lowest BCUT2D eigenvalue weighted by atomic mass is 9.93. The van der Waals surface area contributed by atoms with Crippen molar-refractivity contribution in [3.63, 3.8) is 0 Å². The van der Waals surface area contributed by atoms with Crippen molar-refractivity contribution in [1.82, 2.24) is 4.90 Å². The Morgan fingerprint density at radius 1 is 1.43 bits per heavy atom. The summed E-state index contributed by atoms with van der Waals surface area (Å²) in [5.74, 6) is 0.531. The van der Waals surface area contributed by atoms with E-state index in [-0.39, 0.29) is 5.91 Å². The third-order valence-corrected chi connectivity index (χ3v) is 3.31. The fourth-order valence-corrected chi connectivity index (χ4v) is 1.44. The van der Waals surface area contributed by atoms with E-state index in [1.165, 1.54) is 0 Å². The molecule has 1 unspecified atom stereocenters. The number of carbonyl (C=O) groups is 1. The average Bonchev–Trinajstić information content (AvgIpc) is 2.18. The number of halogens is 1. The molecule has 0 rings (SSSR count). The van der Waals surface area contributed by atoms with Gasteiger partial charge in [-0.3, -0.25) is 4.79 Å². The van der Waals surface area contributed by atoms with Gasteiger partial charge in [0.15, 0.2) is 0 Å². The molecule has 1 amide bonds. The second kappa shape index (κ2) is 5.59. The fourth-order valence-electron chi connectivity index (χ4n) is 1.32. The van der Waals surface area contributed by atoms with E-state index in [1.54, 1.807) is 0 Å². The molecule has 0 fully saturated rings. The lowest BCUT2D eigenvalue weighted by molar-refractivity contribution is -0.141. The lowest BCUT2D eigenvalue weighted by Gasteiger charge is -2.34. The predicted molar refractivity (Wildman–Crippen MR) is 61.6 cm³/mol. The summed E-state index contributed by atoms with van der Waals surface area (Å²) in [7, 11) is 0. The van der Waals surface area contributed by atoms with E-state index < -0.39 is 5.41 Å². The van der Waals surface area contributed by atoms with Crippen LogP contribution in [-0.2, 0) is 4.79 Å². The molecule has 0 spiro atoms. The zero-order valence-electron chi connectivity index (χ0n) is 9.93. The molecule has 84 valence electrons. The minimum Gasteiger partial charge on any atom is -0.340 e. The number of amides is 1. The highest BCUT2D eigenvalue weighted by Gasteiger charge is 2.32. The van der Waals surface area contributed by atoms with E-state index in [9.17, 15) is 4.79 Å². The zero-order chi connectivity index (χ0) is 11.4. The van der Waals surface area contributed by atoms with Crippen LogP contribution in [-0.4, -0.2) is 29.3 Å². The van der Waals surface area contributed by atoms with Crippen molar-refractivity contribution in [2.75, 3.05) is 12.4 Å². The number of rotatable bonds is 5. The zero-order valence-corrected chi connectivity index (χ0v) is 10.7. The van der Waals surface area contributed by atoms with Crippen LogP contribution in [0.25, 0.3) is 0 Å². The maximum atomic E-state index is 12.1. The minimum atomic E-state index is -0.443. The van der Waals surface area contributed by atoms with E-state index in [4.69, 9.17) is 11.6 Å². The average molecular weight is 220 g/mol. The van der Waals surface area contributed by atoms with Crippen molar-refractivity contribution in [2.24, 2.45) is 5.41 Å². The van der Waals surface area contributed by atoms with Crippen LogP contribution in [0.5, 0.6) is 0 Å². The number of hydrogen-bond acceptors (Lipinski definition) is 1. The molecule has 0 aromatic heterocycles. The van der Waals surface area contributed by atoms with Crippen LogP contribution in [0, 0.1) is 5.41 Å². The van der Waals surface area contributed by atoms with Crippen molar-refractivity contribution in [2.45, 2.75) is 47.1 Å². The van der Waals surface area contributed by atoms with E-state index in [2.05, 4.69) is 13.8 Å². The Labute approximate surface area is 92.6 Å². The Morgan fingerprint density at radius 3 is 2.21 bits per heavy atom. The van der Waals surface area contributed by atoms with Crippen LogP contribution in [0.1, 0.15) is 41.0 Å². The Hall–Kier alpha value is -0.240. The molecule has 0 aliphatic heterocycles. The molecule has 0 saturated heterocycles. The molecule has 0 heterocycles. The van der Waals surface area contributed by atoms with Crippen LogP contribution >= 0.6 is 11.6 Å². The molecule has 2 nitrogen and oxygen atoms in total. The maximum absolute atomic E-state index is 12.1. The van der Waals surface area contributed by atoms with Gasteiger partial charge in [-0.05, 0) is 34.1 Å². The SMILES string of the molecule is CCC(C)N(CC)C(=O)C(C)(C)CCl. The van der Waals surface area contributed by atoms with Crippen LogP contribution < -0.4 is 0 Å². The highest BCUT2D eigenvalue weighted by Crippen LogP contribution is 2.22. The summed E-state index contributed by atoms with van der Waals surface area (Å²) in [6, 6.07) is 0.301. The van der Waals surface area contributed by atoms with Gasteiger partial charge in [0.25, 0.3) is 0 Å². The minimum absolute atomic E-state index is 0.157. The van der Waals surface area contributed by atoms with Gasteiger partial charge in [-0.1, -0.05) is 6.92 Å². The maximum Gasteiger partial charge on any atom is 0.229 e. The lowest BCUT2D eigenvalue weighted by Crippen LogP contribution is -2.46. The first-order chi connectivity index (χ1) is 6.40. The van der Waals surface area contributed by atoms with Crippen molar-refractivity contribution in [3.8, 4) is 0 Å². The highest BCUT2D eigenvalue weighted by molar-refractivity contribution is 6.19. The van der Waals surface area contributed by atoms with Crippen LogP contribution in [0.3, 0.4) is 0 Å². The van der Waals surface area contributed by atoms with Gasteiger partial charge < -0.3 is 4.90 Å². The number of carbonyl (C=O) groups excluding carboxylic acids is 1. The summed E-state index contributed by atoms with van der Waals surface area (Å²) in [5, 5.41) is 0. The summed E-state index contributed by atoms with van der Waals surface area (Å²) in [4.78, 5) is 14.0. The number of nitrogens with zero attached hydrogens (tertiary/aromatic N) is 1. The molecule has 0 aromatic carbocycles. The second-order valence-corrected chi connectivity index (χ2v) is 4.63. The molecule has 0 N–H and O–H groups in total. The molecule has 0 radical (unpaired) electrons. The largest absolute Gasteiger partial charge is 0.340 e. The summed E-state index contributed by atoms with van der Waals surface area (Å²) < 4.78 is 0. The molecule has 3 heteroatoms. The smallest absolute Gasteiger partial charge is 0.229 e. The standard InChI is InChI=1S/C11H22ClNO/c1-6-9(3)13(7-2)10(14)11(4,5)8-12/h9H,6-8H2,1-5H3.